The van der Waals surface area contributed by atoms with Gasteiger partial charge in [0.15, 0.2) is 5.12 Å². The second-order valence-electron chi connectivity index (χ2n) is 3.18. The topological polar surface area (TPSA) is 70.2 Å². The van der Waals surface area contributed by atoms with Gasteiger partial charge in [-0.2, -0.15) is 0 Å². The van der Waals surface area contributed by atoms with E-state index in [0.717, 1.165) is 17.7 Å². The zero-order valence-corrected chi connectivity index (χ0v) is 9.71. The van der Waals surface area contributed by atoms with Gasteiger partial charge in [-0.25, -0.2) is 4.79 Å². The minimum Gasteiger partial charge on any atom is -0.477 e. The van der Waals surface area contributed by atoms with E-state index in [1.807, 2.05) is 12.2 Å². The van der Waals surface area contributed by atoms with Crippen LogP contribution < -0.4 is 0 Å². The fourth-order valence-corrected chi connectivity index (χ4v) is 1.66. The van der Waals surface area contributed by atoms with Gasteiger partial charge in [0.25, 0.3) is 0 Å². The van der Waals surface area contributed by atoms with Crippen LogP contribution in [0.15, 0.2) is 18.3 Å². The normalized spacial score (nSPS) is 10.8. The van der Waals surface area contributed by atoms with Crippen LogP contribution >= 0.6 is 11.8 Å². The summed E-state index contributed by atoms with van der Waals surface area (Å²) in [5.74, 6) is -0.214. The summed E-state index contributed by atoms with van der Waals surface area (Å²) in [7, 11) is 0. The minimum atomic E-state index is -0.966. The standard InChI is InChI=1S/C11H13NO3S/c1-8(13)16-5-3-2-4-9-6-10(11(14)15)12-7-9/h2,4,6-7,12H,3,5H2,1H3,(H,14,15). The Bertz CT molecular complexity index is 409. The maximum atomic E-state index is 10.6. The number of allylic oxidation sites excluding steroid dienone is 1. The van der Waals surface area contributed by atoms with E-state index in [1.165, 1.54) is 11.8 Å². The molecule has 0 radical (unpaired) electrons. The number of carbonyl (C=O) groups is 2. The van der Waals surface area contributed by atoms with Gasteiger partial charge in [-0.1, -0.05) is 23.9 Å². The van der Waals surface area contributed by atoms with Gasteiger partial charge in [-0.3, -0.25) is 4.79 Å². The Hall–Kier alpha value is -1.49. The largest absolute Gasteiger partial charge is 0.477 e. The van der Waals surface area contributed by atoms with Crippen LogP contribution in [0.1, 0.15) is 29.4 Å². The summed E-state index contributed by atoms with van der Waals surface area (Å²) in [6.07, 6.45) is 6.18. The molecule has 4 nitrogen and oxygen atoms in total. The van der Waals surface area contributed by atoms with Crippen molar-refractivity contribution in [3.63, 3.8) is 0 Å². The Morgan fingerprint density at radius 3 is 2.88 bits per heavy atom. The first kappa shape index (κ1) is 12.6. The molecule has 0 aliphatic rings. The van der Waals surface area contributed by atoms with Gasteiger partial charge in [-0.05, 0) is 18.1 Å². The number of hydrogen-bond acceptors (Lipinski definition) is 3. The van der Waals surface area contributed by atoms with Crippen LogP contribution in [-0.2, 0) is 4.79 Å². The van der Waals surface area contributed by atoms with E-state index >= 15 is 0 Å². The Balaban J connectivity index is 2.38. The summed E-state index contributed by atoms with van der Waals surface area (Å²) in [6, 6.07) is 1.57. The molecule has 86 valence electrons. The van der Waals surface area contributed by atoms with E-state index in [1.54, 1.807) is 19.2 Å². The first-order valence-electron chi connectivity index (χ1n) is 4.81. The van der Waals surface area contributed by atoms with Crippen LogP contribution in [0.3, 0.4) is 0 Å². The van der Waals surface area contributed by atoms with Gasteiger partial charge >= 0.3 is 5.97 Å². The van der Waals surface area contributed by atoms with Crippen molar-refractivity contribution in [2.75, 3.05) is 5.75 Å². The maximum absolute atomic E-state index is 10.6. The Kier molecular flexibility index (Phi) is 4.85. The number of nitrogens with one attached hydrogen (secondary N) is 1. The number of carboxylic acids is 1. The van der Waals surface area contributed by atoms with Crippen LogP contribution in [0.25, 0.3) is 6.08 Å². The summed E-state index contributed by atoms with van der Waals surface area (Å²) < 4.78 is 0. The molecule has 0 saturated carbocycles. The van der Waals surface area contributed by atoms with Crippen LogP contribution in [0.4, 0.5) is 0 Å². The number of aromatic nitrogens is 1. The number of rotatable bonds is 5. The van der Waals surface area contributed by atoms with Crippen molar-refractivity contribution in [2.24, 2.45) is 0 Å². The van der Waals surface area contributed by atoms with Crippen molar-refractivity contribution in [1.29, 1.82) is 0 Å². The summed E-state index contributed by atoms with van der Waals surface area (Å²) in [5, 5.41) is 8.79. The van der Waals surface area contributed by atoms with Crippen LogP contribution in [-0.4, -0.2) is 26.9 Å². The molecule has 0 fully saturated rings. The van der Waals surface area contributed by atoms with Gasteiger partial charge < -0.3 is 10.1 Å². The summed E-state index contributed by atoms with van der Waals surface area (Å²) in [6.45, 7) is 1.54. The van der Waals surface area contributed by atoms with Crippen molar-refractivity contribution in [3.8, 4) is 0 Å². The first-order valence-corrected chi connectivity index (χ1v) is 5.80. The summed E-state index contributed by atoms with van der Waals surface area (Å²) in [4.78, 5) is 23.8. The van der Waals surface area contributed by atoms with Crippen LogP contribution in [0.2, 0.25) is 0 Å². The molecule has 1 aromatic heterocycles. The summed E-state index contributed by atoms with van der Waals surface area (Å²) >= 11 is 1.28. The lowest BCUT2D eigenvalue weighted by molar-refractivity contribution is -0.109. The van der Waals surface area contributed by atoms with Crippen LogP contribution in [0, 0.1) is 0 Å². The summed E-state index contributed by atoms with van der Waals surface area (Å²) in [5.41, 5.74) is 1.00. The van der Waals surface area contributed by atoms with Crippen molar-refractivity contribution >= 4 is 28.9 Å². The van der Waals surface area contributed by atoms with Gasteiger partial charge in [-0.15, -0.1) is 0 Å². The number of hydrogen-bond donors (Lipinski definition) is 2. The average Bonchev–Trinajstić information content (AvgIpc) is 2.65. The molecule has 1 heterocycles. The SMILES string of the molecule is CC(=O)SCCC=Cc1c[nH]c(C(=O)O)c1. The number of aromatic carboxylic acids is 1. The number of H-pyrrole nitrogens is 1. The number of aromatic amines is 1. The van der Waals surface area contributed by atoms with E-state index in [9.17, 15) is 9.59 Å². The molecule has 0 saturated heterocycles. The second kappa shape index (κ2) is 6.17. The molecule has 0 spiro atoms. The third-order valence-corrected chi connectivity index (χ3v) is 2.68. The molecular weight excluding hydrogens is 226 g/mol. The molecular formula is C11H13NO3S. The predicted octanol–water partition coefficient (Wildman–Crippen LogP) is 2.40. The van der Waals surface area contributed by atoms with Crippen molar-refractivity contribution in [3.05, 3.63) is 29.6 Å². The highest BCUT2D eigenvalue weighted by molar-refractivity contribution is 8.13. The number of carbonyl (C=O) groups excluding carboxylic acids is 1. The fourth-order valence-electron chi connectivity index (χ4n) is 1.12. The molecule has 0 aromatic carbocycles. The van der Waals surface area contributed by atoms with E-state index in [-0.39, 0.29) is 10.8 Å². The minimum absolute atomic E-state index is 0.114. The monoisotopic (exact) mass is 239 g/mol. The highest BCUT2D eigenvalue weighted by atomic mass is 32.2. The highest BCUT2D eigenvalue weighted by Gasteiger charge is 2.03. The Morgan fingerprint density at radius 2 is 2.31 bits per heavy atom. The third-order valence-electron chi connectivity index (χ3n) is 1.84. The molecule has 1 rings (SSSR count). The molecule has 2 N–H and O–H groups in total. The Labute approximate surface area is 97.7 Å². The zero-order valence-electron chi connectivity index (χ0n) is 8.90. The molecule has 0 unspecified atom stereocenters. The molecule has 16 heavy (non-hydrogen) atoms. The highest BCUT2D eigenvalue weighted by Crippen LogP contribution is 2.08. The lowest BCUT2D eigenvalue weighted by Gasteiger charge is -1.90. The quantitative estimate of drug-likeness (QED) is 0.774. The van der Waals surface area contributed by atoms with Crippen molar-refractivity contribution in [1.82, 2.24) is 4.98 Å². The van der Waals surface area contributed by atoms with Gasteiger partial charge in [0.2, 0.25) is 0 Å². The second-order valence-corrected chi connectivity index (χ2v) is 4.45. The van der Waals surface area contributed by atoms with Gasteiger partial charge in [0.1, 0.15) is 5.69 Å². The maximum Gasteiger partial charge on any atom is 0.352 e. The van der Waals surface area contributed by atoms with Gasteiger partial charge in [0.05, 0.1) is 0 Å². The fraction of sp³-hybridized carbons (Fsp3) is 0.273. The van der Waals surface area contributed by atoms with E-state index in [2.05, 4.69) is 4.98 Å². The molecule has 5 heteroatoms. The lowest BCUT2D eigenvalue weighted by Crippen LogP contribution is -1.94. The average molecular weight is 239 g/mol. The lowest BCUT2D eigenvalue weighted by atomic mass is 10.2. The molecule has 0 aliphatic heterocycles. The predicted molar refractivity (Wildman–Crippen MR) is 64.5 cm³/mol. The third kappa shape index (κ3) is 4.35. The first-order chi connectivity index (χ1) is 7.59. The van der Waals surface area contributed by atoms with E-state index < -0.39 is 5.97 Å². The Morgan fingerprint density at radius 1 is 1.56 bits per heavy atom. The molecule has 1 aromatic rings. The van der Waals surface area contributed by atoms with Crippen molar-refractivity contribution in [2.45, 2.75) is 13.3 Å². The number of carboxylic acid groups (broad SMARTS) is 1. The molecule has 0 aliphatic carbocycles. The smallest absolute Gasteiger partial charge is 0.352 e. The molecule has 0 atom stereocenters. The van der Waals surface area contributed by atoms with E-state index in [4.69, 9.17) is 5.11 Å². The molecule has 0 bridgehead atoms. The van der Waals surface area contributed by atoms with Gasteiger partial charge in [0, 0.05) is 18.9 Å². The zero-order chi connectivity index (χ0) is 12.0. The molecule has 0 amide bonds. The van der Waals surface area contributed by atoms with Crippen LogP contribution in [0.5, 0.6) is 0 Å². The van der Waals surface area contributed by atoms with E-state index in [0.29, 0.717) is 0 Å². The number of thioether (sulfide) groups is 1. The van der Waals surface area contributed by atoms with Crippen molar-refractivity contribution < 1.29 is 14.7 Å².